The van der Waals surface area contributed by atoms with Crippen molar-refractivity contribution in [1.29, 1.82) is 0 Å². The number of hydrogen-bond acceptors (Lipinski definition) is 3. The Bertz CT molecular complexity index is 456. The van der Waals surface area contributed by atoms with E-state index in [-0.39, 0.29) is 11.1 Å². The first-order valence-electron chi connectivity index (χ1n) is 5.68. The topological polar surface area (TPSA) is 38.1 Å². The van der Waals surface area contributed by atoms with Crippen LogP contribution in [0.1, 0.15) is 31.9 Å². The normalized spacial score (nSPS) is 17.2. The molecule has 4 nitrogen and oxygen atoms in total. The zero-order chi connectivity index (χ0) is 11.9. The average Bonchev–Trinajstić information content (AvgIpc) is 2.15. The van der Waals surface area contributed by atoms with E-state index in [0.717, 1.165) is 30.6 Å². The summed E-state index contributed by atoms with van der Waals surface area (Å²) < 4.78 is 1.59. The van der Waals surface area contributed by atoms with Gasteiger partial charge in [0.05, 0.1) is 11.7 Å². The summed E-state index contributed by atoms with van der Waals surface area (Å²) in [4.78, 5) is 14.5. The number of rotatable bonds is 0. The molecule has 0 amide bonds. The lowest BCUT2D eigenvalue weighted by atomic mass is 10.0. The first kappa shape index (κ1) is 11.3. The molecular weight excluding hydrogens is 202 g/mol. The molecule has 1 aromatic rings. The van der Waals surface area contributed by atoms with Gasteiger partial charge in [-0.2, -0.15) is 5.10 Å². The molecule has 2 heterocycles. The predicted molar refractivity (Wildman–Crippen MR) is 63.5 cm³/mol. The molecule has 0 spiro atoms. The van der Waals surface area contributed by atoms with E-state index in [1.807, 2.05) is 27.0 Å². The first-order valence-corrected chi connectivity index (χ1v) is 5.68. The van der Waals surface area contributed by atoms with Gasteiger partial charge in [-0.3, -0.25) is 4.79 Å². The highest BCUT2D eigenvalue weighted by molar-refractivity contribution is 5.24. The van der Waals surface area contributed by atoms with E-state index in [9.17, 15) is 4.79 Å². The number of nitrogens with zero attached hydrogens (tertiary/aromatic N) is 3. The summed E-state index contributed by atoms with van der Waals surface area (Å²) in [6.07, 6.45) is 2.68. The van der Waals surface area contributed by atoms with E-state index in [2.05, 4.69) is 17.0 Å². The van der Waals surface area contributed by atoms with Crippen LogP contribution in [-0.2, 0) is 18.5 Å². The van der Waals surface area contributed by atoms with Crippen molar-refractivity contribution in [2.24, 2.45) is 0 Å². The summed E-state index contributed by atoms with van der Waals surface area (Å²) >= 11 is 0. The second kappa shape index (κ2) is 3.70. The molecule has 0 fully saturated rings. The fourth-order valence-electron chi connectivity index (χ4n) is 2.08. The Hall–Kier alpha value is -1.16. The molecular formula is C12H19N3O. The van der Waals surface area contributed by atoms with Gasteiger partial charge >= 0.3 is 0 Å². The zero-order valence-electron chi connectivity index (χ0n) is 10.4. The van der Waals surface area contributed by atoms with E-state index in [0.29, 0.717) is 0 Å². The molecule has 4 heteroatoms. The maximum atomic E-state index is 12.2. The van der Waals surface area contributed by atoms with E-state index in [1.54, 1.807) is 4.68 Å². The van der Waals surface area contributed by atoms with Crippen LogP contribution in [0, 0.1) is 0 Å². The molecule has 2 rings (SSSR count). The molecule has 1 aromatic heterocycles. The Balaban J connectivity index is 2.53. The molecule has 1 aliphatic heterocycles. The Kier molecular flexibility index (Phi) is 2.62. The Morgan fingerprint density at radius 3 is 2.69 bits per heavy atom. The quantitative estimate of drug-likeness (QED) is 0.655. The highest BCUT2D eigenvalue weighted by Crippen LogP contribution is 2.15. The van der Waals surface area contributed by atoms with Crippen molar-refractivity contribution in [3.8, 4) is 0 Å². The lowest BCUT2D eigenvalue weighted by Crippen LogP contribution is -2.41. The van der Waals surface area contributed by atoms with Crippen LogP contribution in [0.15, 0.2) is 11.0 Å². The average molecular weight is 221 g/mol. The van der Waals surface area contributed by atoms with Crippen LogP contribution < -0.4 is 5.56 Å². The van der Waals surface area contributed by atoms with Crippen LogP contribution in [-0.4, -0.2) is 28.3 Å². The Morgan fingerprint density at radius 1 is 1.38 bits per heavy atom. The van der Waals surface area contributed by atoms with Crippen LogP contribution in [0.2, 0.25) is 0 Å². The van der Waals surface area contributed by atoms with Gasteiger partial charge in [0, 0.05) is 18.7 Å². The molecule has 0 aliphatic carbocycles. The smallest absolute Gasteiger partial charge is 0.270 e. The molecule has 1 aliphatic rings. The third kappa shape index (κ3) is 1.89. The fraction of sp³-hybridized carbons (Fsp3) is 0.667. The Morgan fingerprint density at radius 2 is 2.06 bits per heavy atom. The van der Waals surface area contributed by atoms with Gasteiger partial charge in [-0.05, 0) is 39.8 Å². The zero-order valence-corrected chi connectivity index (χ0v) is 10.4. The molecule has 0 radical (unpaired) electrons. The van der Waals surface area contributed by atoms with Crippen LogP contribution >= 0.6 is 0 Å². The number of fused-ring (bicyclic) bond motifs is 1. The van der Waals surface area contributed by atoms with Crippen molar-refractivity contribution in [1.82, 2.24) is 14.7 Å². The summed E-state index contributed by atoms with van der Waals surface area (Å²) in [6, 6.07) is 0. The monoisotopic (exact) mass is 221 g/mol. The standard InChI is InChI=1S/C12H19N3O/c1-12(2,3)15-11(16)10-5-6-14(4)8-9(10)7-13-15/h7H,5-6,8H2,1-4H3. The first-order chi connectivity index (χ1) is 7.39. The second-order valence-electron chi connectivity index (χ2n) is 5.52. The van der Waals surface area contributed by atoms with Crippen LogP contribution in [0.5, 0.6) is 0 Å². The van der Waals surface area contributed by atoms with Crippen molar-refractivity contribution in [3.63, 3.8) is 0 Å². The summed E-state index contributed by atoms with van der Waals surface area (Å²) in [7, 11) is 2.07. The maximum Gasteiger partial charge on any atom is 0.270 e. The summed E-state index contributed by atoms with van der Waals surface area (Å²) in [5, 5.41) is 4.27. The maximum absolute atomic E-state index is 12.2. The fourth-order valence-corrected chi connectivity index (χ4v) is 2.08. The van der Waals surface area contributed by atoms with Gasteiger partial charge in [-0.15, -0.1) is 0 Å². The van der Waals surface area contributed by atoms with Gasteiger partial charge in [0.1, 0.15) is 0 Å². The number of likely N-dealkylation sites (N-methyl/N-ethyl adjacent to an activating group) is 1. The van der Waals surface area contributed by atoms with Gasteiger partial charge < -0.3 is 4.90 Å². The predicted octanol–water partition coefficient (Wildman–Crippen LogP) is 0.986. The summed E-state index contributed by atoms with van der Waals surface area (Å²) in [5.41, 5.74) is 1.87. The van der Waals surface area contributed by atoms with Crippen molar-refractivity contribution in [3.05, 3.63) is 27.7 Å². The Labute approximate surface area is 95.9 Å². The SMILES string of the molecule is CN1CCc2c(cnn(C(C)(C)C)c2=O)C1. The second-order valence-corrected chi connectivity index (χ2v) is 5.52. The molecule has 16 heavy (non-hydrogen) atoms. The van der Waals surface area contributed by atoms with Gasteiger partial charge in [-0.1, -0.05) is 0 Å². The highest BCUT2D eigenvalue weighted by Gasteiger charge is 2.22. The van der Waals surface area contributed by atoms with Crippen molar-refractivity contribution >= 4 is 0 Å². The van der Waals surface area contributed by atoms with Gasteiger partial charge in [0.25, 0.3) is 5.56 Å². The molecule has 0 saturated heterocycles. The molecule has 0 unspecified atom stereocenters. The van der Waals surface area contributed by atoms with E-state index >= 15 is 0 Å². The van der Waals surface area contributed by atoms with E-state index < -0.39 is 0 Å². The van der Waals surface area contributed by atoms with Crippen molar-refractivity contribution in [2.45, 2.75) is 39.3 Å². The summed E-state index contributed by atoms with van der Waals surface area (Å²) in [6.45, 7) is 7.80. The van der Waals surface area contributed by atoms with Gasteiger partial charge in [0.2, 0.25) is 0 Å². The number of hydrogen-bond donors (Lipinski definition) is 0. The molecule has 0 aromatic carbocycles. The third-order valence-electron chi connectivity index (χ3n) is 2.99. The van der Waals surface area contributed by atoms with Crippen LogP contribution in [0.3, 0.4) is 0 Å². The molecule has 0 N–H and O–H groups in total. The number of aromatic nitrogens is 2. The molecule has 0 saturated carbocycles. The minimum atomic E-state index is -0.241. The minimum absolute atomic E-state index is 0.0816. The van der Waals surface area contributed by atoms with E-state index in [1.165, 1.54) is 0 Å². The third-order valence-corrected chi connectivity index (χ3v) is 2.99. The lowest BCUT2D eigenvalue weighted by molar-refractivity contribution is 0.295. The highest BCUT2D eigenvalue weighted by atomic mass is 16.1. The molecule has 88 valence electrons. The molecule has 0 atom stereocenters. The van der Waals surface area contributed by atoms with Crippen molar-refractivity contribution < 1.29 is 0 Å². The largest absolute Gasteiger partial charge is 0.302 e. The van der Waals surface area contributed by atoms with Crippen molar-refractivity contribution in [2.75, 3.05) is 13.6 Å². The van der Waals surface area contributed by atoms with Crippen LogP contribution in [0.4, 0.5) is 0 Å². The molecule has 0 bridgehead atoms. The van der Waals surface area contributed by atoms with Gasteiger partial charge in [0.15, 0.2) is 0 Å². The van der Waals surface area contributed by atoms with Crippen LogP contribution in [0.25, 0.3) is 0 Å². The lowest BCUT2D eigenvalue weighted by Gasteiger charge is -2.27. The van der Waals surface area contributed by atoms with Gasteiger partial charge in [-0.25, -0.2) is 4.68 Å². The van der Waals surface area contributed by atoms with E-state index in [4.69, 9.17) is 0 Å². The minimum Gasteiger partial charge on any atom is -0.302 e. The summed E-state index contributed by atoms with van der Waals surface area (Å²) in [5.74, 6) is 0.